The summed E-state index contributed by atoms with van der Waals surface area (Å²) in [7, 11) is 1.60. The first-order chi connectivity index (χ1) is 14.1. The van der Waals surface area contributed by atoms with E-state index >= 15 is 0 Å². The topological polar surface area (TPSA) is 85.3 Å². The molecule has 4 rings (SSSR count). The lowest BCUT2D eigenvalue weighted by Gasteiger charge is -2.08. The lowest BCUT2D eigenvalue weighted by atomic mass is 10.2. The molecule has 0 bridgehead atoms. The predicted octanol–water partition coefficient (Wildman–Crippen LogP) is 3.16. The van der Waals surface area contributed by atoms with Gasteiger partial charge < -0.3 is 15.4 Å². The smallest absolute Gasteiger partial charge is 0.272 e. The first kappa shape index (κ1) is 18.7. The Balaban J connectivity index is 1.53. The normalized spacial score (nSPS) is 13.0. The maximum Gasteiger partial charge on any atom is 0.272 e. The molecule has 1 heterocycles. The molecule has 2 amide bonds. The average Bonchev–Trinajstić information content (AvgIpc) is 3.53. The van der Waals surface area contributed by atoms with Crippen LogP contribution < -0.4 is 15.4 Å². The first-order valence-electron chi connectivity index (χ1n) is 9.51. The van der Waals surface area contributed by atoms with Gasteiger partial charge in [-0.25, -0.2) is 4.68 Å². The first-order valence-corrected chi connectivity index (χ1v) is 9.51. The molecule has 2 aromatic carbocycles. The molecule has 7 nitrogen and oxygen atoms in total. The summed E-state index contributed by atoms with van der Waals surface area (Å²) in [4.78, 5) is 24.9. The quantitative estimate of drug-likeness (QED) is 0.649. The Labute approximate surface area is 168 Å². The molecule has 7 heteroatoms. The fourth-order valence-corrected chi connectivity index (χ4v) is 2.98. The van der Waals surface area contributed by atoms with Crippen LogP contribution in [0.4, 0.5) is 5.82 Å². The zero-order valence-electron chi connectivity index (χ0n) is 16.1. The number of benzene rings is 2. The maximum atomic E-state index is 12.7. The zero-order valence-corrected chi connectivity index (χ0v) is 16.1. The third-order valence-electron chi connectivity index (χ3n) is 4.73. The summed E-state index contributed by atoms with van der Waals surface area (Å²) < 4.78 is 6.79. The van der Waals surface area contributed by atoms with Crippen molar-refractivity contribution >= 4 is 17.6 Å². The van der Waals surface area contributed by atoms with Crippen molar-refractivity contribution in [3.05, 3.63) is 71.9 Å². The molecule has 1 aromatic heterocycles. The van der Waals surface area contributed by atoms with E-state index in [-0.39, 0.29) is 23.4 Å². The van der Waals surface area contributed by atoms with E-state index in [4.69, 9.17) is 4.74 Å². The minimum Gasteiger partial charge on any atom is -0.497 e. The Morgan fingerprint density at radius 2 is 1.90 bits per heavy atom. The highest BCUT2D eigenvalue weighted by atomic mass is 16.5. The van der Waals surface area contributed by atoms with Crippen LogP contribution in [-0.2, 0) is 11.3 Å². The maximum absolute atomic E-state index is 12.7. The molecule has 0 radical (unpaired) electrons. The van der Waals surface area contributed by atoms with Crippen LogP contribution in [0.3, 0.4) is 0 Å². The van der Waals surface area contributed by atoms with Gasteiger partial charge in [0.05, 0.1) is 12.8 Å². The number of rotatable bonds is 7. The number of carbonyl (C=O) groups excluding carboxylic acids is 2. The van der Waals surface area contributed by atoms with Crippen LogP contribution in [0.15, 0.2) is 60.7 Å². The van der Waals surface area contributed by atoms with E-state index in [1.807, 2.05) is 54.6 Å². The molecule has 3 aromatic rings. The fraction of sp³-hybridized carbons (Fsp3) is 0.227. The van der Waals surface area contributed by atoms with E-state index < -0.39 is 0 Å². The lowest BCUT2D eigenvalue weighted by molar-refractivity contribution is -0.117. The number of anilines is 1. The number of hydrogen-bond acceptors (Lipinski definition) is 4. The second-order valence-electron chi connectivity index (χ2n) is 6.96. The van der Waals surface area contributed by atoms with Crippen molar-refractivity contribution < 1.29 is 14.3 Å². The Morgan fingerprint density at radius 3 is 2.62 bits per heavy atom. The summed E-state index contributed by atoms with van der Waals surface area (Å²) >= 11 is 0. The van der Waals surface area contributed by atoms with Crippen molar-refractivity contribution in [1.82, 2.24) is 15.1 Å². The number of aromatic nitrogens is 2. The van der Waals surface area contributed by atoms with Gasteiger partial charge in [-0.2, -0.15) is 5.10 Å². The van der Waals surface area contributed by atoms with E-state index in [1.54, 1.807) is 17.9 Å². The van der Waals surface area contributed by atoms with Crippen molar-refractivity contribution in [1.29, 1.82) is 0 Å². The third kappa shape index (κ3) is 4.45. The predicted molar refractivity (Wildman–Crippen MR) is 109 cm³/mol. The van der Waals surface area contributed by atoms with Gasteiger partial charge in [0, 0.05) is 18.5 Å². The number of nitrogens with zero attached hydrogens (tertiary/aromatic N) is 2. The number of ether oxygens (including phenoxy) is 1. The average molecular weight is 390 g/mol. The van der Waals surface area contributed by atoms with Crippen LogP contribution in [0, 0.1) is 5.92 Å². The molecule has 1 saturated carbocycles. The van der Waals surface area contributed by atoms with Crippen LogP contribution >= 0.6 is 0 Å². The molecular weight excluding hydrogens is 368 g/mol. The van der Waals surface area contributed by atoms with Crippen LogP contribution in [0.5, 0.6) is 5.75 Å². The Kier molecular flexibility index (Phi) is 5.29. The molecule has 0 saturated heterocycles. The lowest BCUT2D eigenvalue weighted by Crippen LogP contribution is -2.23. The zero-order chi connectivity index (χ0) is 20.2. The van der Waals surface area contributed by atoms with Crippen molar-refractivity contribution in [2.75, 3.05) is 12.4 Å². The minimum absolute atomic E-state index is 0.0366. The van der Waals surface area contributed by atoms with E-state index in [2.05, 4.69) is 15.7 Å². The molecule has 1 aliphatic rings. The van der Waals surface area contributed by atoms with Gasteiger partial charge in [-0.1, -0.05) is 30.3 Å². The summed E-state index contributed by atoms with van der Waals surface area (Å²) in [5.41, 5.74) is 1.93. The number of para-hydroxylation sites is 1. The Morgan fingerprint density at radius 1 is 1.10 bits per heavy atom. The van der Waals surface area contributed by atoms with Gasteiger partial charge in [0.2, 0.25) is 5.91 Å². The summed E-state index contributed by atoms with van der Waals surface area (Å²) in [5.74, 6) is 0.920. The van der Waals surface area contributed by atoms with Crippen molar-refractivity contribution in [3.63, 3.8) is 0 Å². The number of hydrogen-bond donors (Lipinski definition) is 2. The molecule has 2 N–H and O–H groups in total. The highest BCUT2D eigenvalue weighted by Gasteiger charge is 2.30. The van der Waals surface area contributed by atoms with E-state index in [9.17, 15) is 9.59 Å². The van der Waals surface area contributed by atoms with Gasteiger partial charge in [-0.15, -0.1) is 0 Å². The number of carbonyl (C=O) groups is 2. The molecular formula is C22H22N4O3. The molecule has 0 unspecified atom stereocenters. The summed E-state index contributed by atoms with van der Waals surface area (Å²) in [6, 6.07) is 18.5. The Bertz CT molecular complexity index is 1030. The molecule has 0 atom stereocenters. The van der Waals surface area contributed by atoms with E-state index in [0.717, 1.165) is 29.8 Å². The second kappa shape index (κ2) is 8.18. The fourth-order valence-electron chi connectivity index (χ4n) is 2.98. The highest BCUT2D eigenvalue weighted by Crippen LogP contribution is 2.30. The van der Waals surface area contributed by atoms with Crippen LogP contribution in [0.25, 0.3) is 5.69 Å². The standard InChI is InChI=1S/C22H22N4O3/c1-29-18-9-5-6-15(12-18)14-23-22(28)19-13-20(24-21(27)16-10-11-16)26(25-19)17-7-3-2-4-8-17/h2-9,12-13,16H,10-11,14H2,1H3,(H,23,28)(H,24,27). The van der Waals surface area contributed by atoms with Gasteiger partial charge in [0.25, 0.3) is 5.91 Å². The molecule has 1 aliphatic carbocycles. The SMILES string of the molecule is COc1cccc(CNC(=O)c2cc(NC(=O)C3CC3)n(-c3ccccc3)n2)c1. The highest BCUT2D eigenvalue weighted by molar-refractivity contribution is 5.97. The van der Waals surface area contributed by atoms with Gasteiger partial charge in [-0.3, -0.25) is 9.59 Å². The summed E-state index contributed by atoms with van der Waals surface area (Å²) in [6.45, 7) is 0.345. The van der Waals surface area contributed by atoms with Crippen molar-refractivity contribution in [2.45, 2.75) is 19.4 Å². The monoisotopic (exact) mass is 390 g/mol. The van der Waals surface area contributed by atoms with Gasteiger partial charge in [0.1, 0.15) is 11.6 Å². The molecule has 148 valence electrons. The van der Waals surface area contributed by atoms with Crippen molar-refractivity contribution in [3.8, 4) is 11.4 Å². The van der Waals surface area contributed by atoms with Crippen LogP contribution in [0.1, 0.15) is 28.9 Å². The number of methoxy groups -OCH3 is 1. The van der Waals surface area contributed by atoms with Gasteiger partial charge >= 0.3 is 0 Å². The number of nitrogens with one attached hydrogen (secondary N) is 2. The molecule has 29 heavy (non-hydrogen) atoms. The van der Waals surface area contributed by atoms with Crippen molar-refractivity contribution in [2.24, 2.45) is 5.92 Å². The largest absolute Gasteiger partial charge is 0.497 e. The van der Waals surface area contributed by atoms with Crippen LogP contribution in [-0.4, -0.2) is 28.7 Å². The second-order valence-corrected chi connectivity index (χ2v) is 6.96. The van der Waals surface area contributed by atoms with Crippen LogP contribution in [0.2, 0.25) is 0 Å². The Hall–Kier alpha value is -3.61. The molecule has 0 aliphatic heterocycles. The molecule has 0 spiro atoms. The number of amides is 2. The third-order valence-corrected chi connectivity index (χ3v) is 4.73. The minimum atomic E-state index is -0.315. The van der Waals surface area contributed by atoms with E-state index in [0.29, 0.717) is 12.4 Å². The van der Waals surface area contributed by atoms with Gasteiger partial charge in [-0.05, 0) is 42.7 Å². The van der Waals surface area contributed by atoms with Gasteiger partial charge in [0.15, 0.2) is 5.69 Å². The molecule has 1 fully saturated rings. The van der Waals surface area contributed by atoms with E-state index in [1.165, 1.54) is 0 Å². The summed E-state index contributed by atoms with van der Waals surface area (Å²) in [6.07, 6.45) is 1.80. The summed E-state index contributed by atoms with van der Waals surface area (Å²) in [5, 5.41) is 10.2.